The van der Waals surface area contributed by atoms with Crippen LogP contribution in [0.25, 0.3) is 0 Å². The number of rotatable bonds is 5. The minimum absolute atomic E-state index is 0.387. The summed E-state index contributed by atoms with van der Waals surface area (Å²) in [5.74, 6) is 0.387. The number of nitrogens with one attached hydrogen (secondary N) is 1. The molecule has 1 aromatic heterocycles. The molecule has 0 aromatic carbocycles. The van der Waals surface area contributed by atoms with E-state index in [1.165, 1.54) is 11.3 Å². The second-order valence-corrected chi connectivity index (χ2v) is 10.0. The van der Waals surface area contributed by atoms with Crippen LogP contribution < -0.4 is 5.32 Å². The Morgan fingerprint density at radius 2 is 2.19 bits per heavy atom. The van der Waals surface area contributed by atoms with Crippen molar-refractivity contribution in [2.45, 2.75) is 43.9 Å². The van der Waals surface area contributed by atoms with E-state index in [9.17, 15) is 8.42 Å². The Morgan fingerprint density at radius 3 is 2.71 bits per heavy atom. The molecule has 2 heterocycles. The van der Waals surface area contributed by atoms with Crippen molar-refractivity contribution in [3.63, 3.8) is 0 Å². The minimum Gasteiger partial charge on any atom is -0.314 e. The van der Waals surface area contributed by atoms with Crippen LogP contribution in [0.5, 0.6) is 0 Å². The SMILES string of the molecule is CCNC1CCN(S(=O)(=O)c2cc(C)c(Br)s2)CC1CC. The molecular weight excluding hydrogens is 372 g/mol. The van der Waals surface area contributed by atoms with Gasteiger partial charge >= 0.3 is 0 Å². The molecule has 4 nitrogen and oxygen atoms in total. The third kappa shape index (κ3) is 3.69. The first-order valence-electron chi connectivity index (χ1n) is 7.39. The molecule has 0 saturated carbocycles. The van der Waals surface area contributed by atoms with Gasteiger partial charge in [0.25, 0.3) is 10.0 Å². The van der Waals surface area contributed by atoms with Gasteiger partial charge in [-0.2, -0.15) is 4.31 Å². The molecule has 2 rings (SSSR count). The number of hydrogen-bond acceptors (Lipinski definition) is 4. The van der Waals surface area contributed by atoms with E-state index in [4.69, 9.17) is 0 Å². The number of sulfonamides is 1. The van der Waals surface area contributed by atoms with E-state index >= 15 is 0 Å². The number of aryl methyl sites for hydroxylation is 1. The van der Waals surface area contributed by atoms with Crippen molar-refractivity contribution in [3.05, 3.63) is 15.4 Å². The van der Waals surface area contributed by atoms with Gasteiger partial charge in [-0.3, -0.25) is 0 Å². The molecular formula is C14H23BrN2O2S2. The van der Waals surface area contributed by atoms with E-state index in [2.05, 4.69) is 35.1 Å². The summed E-state index contributed by atoms with van der Waals surface area (Å²) >= 11 is 4.72. The van der Waals surface area contributed by atoms with Crippen LogP contribution in [0, 0.1) is 12.8 Å². The zero-order valence-electron chi connectivity index (χ0n) is 12.7. The second kappa shape index (κ2) is 7.08. The standard InChI is InChI=1S/C14H23BrN2O2S2/c1-4-11-9-17(7-6-12(11)16-5-2)21(18,19)13-8-10(3)14(15)20-13/h8,11-12,16H,4-7,9H2,1-3H3. The Hall–Kier alpha value is 0.0500. The number of thiophene rings is 1. The quantitative estimate of drug-likeness (QED) is 0.833. The molecule has 120 valence electrons. The molecule has 1 aliphatic heterocycles. The zero-order chi connectivity index (χ0) is 15.6. The molecule has 2 unspecified atom stereocenters. The Bertz CT molecular complexity index is 566. The van der Waals surface area contributed by atoms with Crippen LogP contribution in [-0.2, 0) is 10.0 Å². The Labute approximate surface area is 140 Å². The average molecular weight is 395 g/mol. The van der Waals surface area contributed by atoms with Gasteiger partial charge < -0.3 is 5.32 Å². The van der Waals surface area contributed by atoms with Gasteiger partial charge in [-0.15, -0.1) is 11.3 Å². The summed E-state index contributed by atoms with van der Waals surface area (Å²) in [4.78, 5) is 0. The molecule has 1 saturated heterocycles. The molecule has 1 aromatic rings. The number of piperidine rings is 1. The summed E-state index contributed by atoms with van der Waals surface area (Å²) in [6.45, 7) is 8.31. The van der Waals surface area contributed by atoms with Crippen LogP contribution >= 0.6 is 27.3 Å². The average Bonchev–Trinajstić information content (AvgIpc) is 2.80. The van der Waals surface area contributed by atoms with Gasteiger partial charge in [-0.05, 0) is 53.4 Å². The first-order chi connectivity index (χ1) is 9.90. The summed E-state index contributed by atoms with van der Waals surface area (Å²) in [7, 11) is -3.35. The van der Waals surface area contributed by atoms with Crippen molar-refractivity contribution < 1.29 is 8.42 Å². The summed E-state index contributed by atoms with van der Waals surface area (Å²) in [5, 5.41) is 3.48. The largest absolute Gasteiger partial charge is 0.314 e. The van der Waals surface area contributed by atoms with Crippen LogP contribution in [0.2, 0.25) is 0 Å². The summed E-state index contributed by atoms with van der Waals surface area (Å²) < 4.78 is 28.6. The van der Waals surface area contributed by atoms with Crippen LogP contribution in [0.15, 0.2) is 14.1 Å². The summed E-state index contributed by atoms with van der Waals surface area (Å²) in [6.07, 6.45) is 1.88. The van der Waals surface area contributed by atoms with Crippen molar-refractivity contribution in [2.75, 3.05) is 19.6 Å². The fourth-order valence-corrected chi connectivity index (χ4v) is 6.74. The highest BCUT2D eigenvalue weighted by Gasteiger charge is 2.35. The van der Waals surface area contributed by atoms with Crippen molar-refractivity contribution in [1.29, 1.82) is 0 Å². The normalized spacial score (nSPS) is 24.4. The first kappa shape index (κ1) is 17.4. The lowest BCUT2D eigenvalue weighted by Gasteiger charge is -2.37. The van der Waals surface area contributed by atoms with Gasteiger partial charge in [-0.1, -0.05) is 20.3 Å². The highest BCUT2D eigenvalue weighted by atomic mass is 79.9. The lowest BCUT2D eigenvalue weighted by molar-refractivity contribution is 0.204. The van der Waals surface area contributed by atoms with Crippen molar-refractivity contribution >= 4 is 37.3 Å². The second-order valence-electron chi connectivity index (χ2n) is 5.51. The monoisotopic (exact) mass is 394 g/mol. The summed E-state index contributed by atoms with van der Waals surface area (Å²) in [5.41, 5.74) is 0.980. The molecule has 0 bridgehead atoms. The highest BCUT2D eigenvalue weighted by Crippen LogP contribution is 2.34. The van der Waals surface area contributed by atoms with Gasteiger partial charge in [0.2, 0.25) is 0 Å². The van der Waals surface area contributed by atoms with Gasteiger partial charge in [0, 0.05) is 19.1 Å². The maximum absolute atomic E-state index is 12.8. The van der Waals surface area contributed by atoms with E-state index in [0.717, 1.165) is 28.7 Å². The van der Waals surface area contributed by atoms with E-state index in [1.807, 2.05) is 6.92 Å². The van der Waals surface area contributed by atoms with Crippen molar-refractivity contribution in [2.24, 2.45) is 5.92 Å². The van der Waals surface area contributed by atoms with Crippen LogP contribution in [0.3, 0.4) is 0 Å². The number of nitrogens with zero attached hydrogens (tertiary/aromatic N) is 1. The smallest absolute Gasteiger partial charge is 0.252 e. The first-order valence-corrected chi connectivity index (χ1v) is 10.4. The highest BCUT2D eigenvalue weighted by molar-refractivity contribution is 9.11. The summed E-state index contributed by atoms with van der Waals surface area (Å²) in [6, 6.07) is 2.20. The Balaban J connectivity index is 2.18. The van der Waals surface area contributed by atoms with E-state index in [-0.39, 0.29) is 0 Å². The lowest BCUT2D eigenvalue weighted by atomic mass is 9.91. The molecule has 0 radical (unpaired) electrons. The van der Waals surface area contributed by atoms with Crippen LogP contribution in [0.4, 0.5) is 0 Å². The maximum atomic E-state index is 12.8. The van der Waals surface area contributed by atoms with Crippen LogP contribution in [-0.4, -0.2) is 38.4 Å². The molecule has 7 heteroatoms. The predicted molar refractivity (Wildman–Crippen MR) is 91.4 cm³/mol. The molecule has 21 heavy (non-hydrogen) atoms. The van der Waals surface area contributed by atoms with Gasteiger partial charge in [-0.25, -0.2) is 8.42 Å². The molecule has 0 aliphatic carbocycles. The van der Waals surface area contributed by atoms with Gasteiger partial charge in [0.05, 0.1) is 3.79 Å². The molecule has 1 fully saturated rings. The molecule has 1 aliphatic rings. The van der Waals surface area contributed by atoms with Crippen LogP contribution in [0.1, 0.15) is 32.3 Å². The Kier molecular flexibility index (Phi) is 5.87. The lowest BCUT2D eigenvalue weighted by Crippen LogP contribution is -2.50. The number of hydrogen-bond donors (Lipinski definition) is 1. The van der Waals surface area contributed by atoms with E-state index in [0.29, 0.717) is 29.3 Å². The zero-order valence-corrected chi connectivity index (χ0v) is 15.9. The maximum Gasteiger partial charge on any atom is 0.252 e. The third-order valence-corrected chi connectivity index (χ3v) is 8.57. The van der Waals surface area contributed by atoms with Gasteiger partial charge in [0.1, 0.15) is 4.21 Å². The third-order valence-electron chi connectivity index (χ3n) is 4.12. The van der Waals surface area contributed by atoms with E-state index < -0.39 is 10.0 Å². The van der Waals surface area contributed by atoms with Gasteiger partial charge in [0.15, 0.2) is 0 Å². The van der Waals surface area contributed by atoms with Crippen molar-refractivity contribution in [3.8, 4) is 0 Å². The Morgan fingerprint density at radius 1 is 1.48 bits per heavy atom. The molecule has 1 N–H and O–H groups in total. The topological polar surface area (TPSA) is 49.4 Å². The van der Waals surface area contributed by atoms with Crippen molar-refractivity contribution in [1.82, 2.24) is 9.62 Å². The molecule has 0 spiro atoms. The number of halogens is 1. The molecule has 2 atom stereocenters. The fourth-order valence-electron chi connectivity index (χ4n) is 2.85. The molecule has 0 amide bonds. The fraction of sp³-hybridized carbons (Fsp3) is 0.714. The predicted octanol–water partition coefficient (Wildman–Crippen LogP) is 3.22. The minimum atomic E-state index is -3.35. The van der Waals surface area contributed by atoms with E-state index in [1.54, 1.807) is 10.4 Å².